The van der Waals surface area contributed by atoms with Crippen molar-refractivity contribution >= 4 is 49.7 Å². The maximum atomic E-state index is 13.6. The minimum Gasteiger partial charge on any atom is -0.495 e. The highest BCUT2D eigenvalue weighted by atomic mass is 35.5. The van der Waals surface area contributed by atoms with Crippen LogP contribution in [0.25, 0.3) is 11.3 Å². The molecule has 0 atom stereocenters. The lowest BCUT2D eigenvalue weighted by atomic mass is 10.1. The van der Waals surface area contributed by atoms with Crippen LogP contribution in [0.4, 0.5) is 10.8 Å². The molecule has 0 aliphatic carbocycles. The summed E-state index contributed by atoms with van der Waals surface area (Å²) in [7, 11) is -0.718. The number of methoxy groups -OCH3 is 1. The number of hydrogen-bond acceptors (Lipinski definition) is 7. The number of rotatable bonds is 10. The van der Waals surface area contributed by atoms with Crippen LogP contribution in [0.3, 0.4) is 0 Å². The zero-order chi connectivity index (χ0) is 27.3. The fourth-order valence-corrected chi connectivity index (χ4v) is 5.91. The van der Waals surface area contributed by atoms with Crippen LogP contribution in [0, 0.1) is 6.92 Å². The van der Waals surface area contributed by atoms with Gasteiger partial charge in [-0.2, -0.15) is 4.31 Å². The van der Waals surface area contributed by atoms with Crippen LogP contribution in [-0.4, -0.2) is 44.3 Å². The Balaban J connectivity index is 1.61. The molecular weight excluding hydrogens is 544 g/mol. The van der Waals surface area contributed by atoms with E-state index in [0.717, 1.165) is 31.8 Å². The number of anilines is 2. The van der Waals surface area contributed by atoms with Gasteiger partial charge in [0.05, 0.1) is 29.9 Å². The molecule has 1 aromatic heterocycles. The molecule has 0 saturated heterocycles. The zero-order valence-corrected chi connectivity index (χ0v) is 23.5. The van der Waals surface area contributed by atoms with E-state index in [4.69, 9.17) is 16.3 Å². The lowest BCUT2D eigenvalue weighted by molar-refractivity contribution is -0.116. The highest BCUT2D eigenvalue weighted by Crippen LogP contribution is 2.32. The van der Waals surface area contributed by atoms with Crippen LogP contribution >= 0.6 is 22.9 Å². The monoisotopic (exact) mass is 570 g/mol. The summed E-state index contributed by atoms with van der Waals surface area (Å²) in [6.07, 6.45) is 0. The van der Waals surface area contributed by atoms with Gasteiger partial charge in [0.15, 0.2) is 5.13 Å². The number of thiazole rings is 1. The van der Waals surface area contributed by atoms with Crippen molar-refractivity contribution in [1.29, 1.82) is 0 Å². The lowest BCUT2D eigenvalue weighted by Crippen LogP contribution is -2.37. The van der Waals surface area contributed by atoms with Gasteiger partial charge in [-0.3, -0.25) is 4.79 Å². The molecular formula is C27H27ClN4O4S2. The van der Waals surface area contributed by atoms with E-state index in [1.165, 1.54) is 42.7 Å². The first-order valence-corrected chi connectivity index (χ1v) is 14.3. The van der Waals surface area contributed by atoms with Crippen LogP contribution in [0.5, 0.6) is 5.75 Å². The second-order valence-corrected chi connectivity index (χ2v) is 11.7. The number of halogens is 1. The summed E-state index contributed by atoms with van der Waals surface area (Å²) in [5, 5.41) is 8.91. The van der Waals surface area contributed by atoms with Crippen LogP contribution in [0.2, 0.25) is 5.02 Å². The standard InChI is InChI=1S/C27H27ClN4O4S2/c1-18-4-6-19(7-5-18)15-32(38(34,35)22-11-9-21(28)10-12-22)16-26(33)30-23-14-20(8-13-25(23)36-3)24-17-37-27(29-2)31-24/h4-14,17H,15-16H2,1-3H3,(H,29,31)(H,30,33). The first-order valence-electron chi connectivity index (χ1n) is 11.6. The van der Waals surface area contributed by atoms with Gasteiger partial charge in [0.2, 0.25) is 15.9 Å². The molecule has 1 heterocycles. The third kappa shape index (κ3) is 6.51. The molecule has 0 spiro atoms. The van der Waals surface area contributed by atoms with Gasteiger partial charge in [-0.05, 0) is 55.0 Å². The Hall–Kier alpha value is -3.44. The van der Waals surface area contributed by atoms with Gasteiger partial charge >= 0.3 is 0 Å². The third-order valence-corrected chi connectivity index (χ3v) is 8.66. The average molecular weight is 571 g/mol. The SMILES string of the molecule is CNc1nc(-c2ccc(OC)c(NC(=O)CN(Cc3ccc(C)cc3)S(=O)(=O)c3ccc(Cl)cc3)c2)cs1. The molecule has 3 aromatic carbocycles. The second-order valence-electron chi connectivity index (χ2n) is 8.46. The number of carbonyl (C=O) groups excluding carboxylic acids is 1. The van der Waals surface area contributed by atoms with Gasteiger partial charge < -0.3 is 15.4 Å². The molecule has 198 valence electrons. The van der Waals surface area contributed by atoms with Gasteiger partial charge in [0.1, 0.15) is 5.75 Å². The van der Waals surface area contributed by atoms with E-state index in [-0.39, 0.29) is 11.4 Å². The average Bonchev–Trinajstić information content (AvgIpc) is 3.39. The summed E-state index contributed by atoms with van der Waals surface area (Å²) < 4.78 is 33.7. The van der Waals surface area contributed by atoms with Crippen molar-refractivity contribution in [2.75, 3.05) is 31.3 Å². The predicted molar refractivity (Wildman–Crippen MR) is 153 cm³/mol. The molecule has 38 heavy (non-hydrogen) atoms. The van der Waals surface area contributed by atoms with Gasteiger partial charge in [0.25, 0.3) is 0 Å². The Kier molecular flexibility index (Phi) is 8.68. The molecule has 0 unspecified atom stereocenters. The van der Waals surface area contributed by atoms with E-state index in [0.29, 0.717) is 16.5 Å². The summed E-state index contributed by atoms with van der Waals surface area (Å²) in [4.78, 5) is 17.8. The van der Waals surface area contributed by atoms with Crippen LogP contribution < -0.4 is 15.4 Å². The molecule has 8 nitrogen and oxygen atoms in total. The van der Waals surface area contributed by atoms with Crippen molar-refractivity contribution < 1.29 is 17.9 Å². The number of benzene rings is 3. The number of amides is 1. The van der Waals surface area contributed by atoms with Crippen molar-refractivity contribution in [2.45, 2.75) is 18.4 Å². The van der Waals surface area contributed by atoms with Crippen LogP contribution in [-0.2, 0) is 21.4 Å². The molecule has 0 aliphatic rings. The van der Waals surface area contributed by atoms with Crippen LogP contribution in [0.15, 0.2) is 77.0 Å². The minimum absolute atomic E-state index is 0.0153. The summed E-state index contributed by atoms with van der Waals surface area (Å²) in [6.45, 7) is 1.56. The summed E-state index contributed by atoms with van der Waals surface area (Å²) in [6, 6.07) is 18.7. The van der Waals surface area contributed by atoms with Gasteiger partial charge in [0, 0.05) is 29.6 Å². The molecule has 0 fully saturated rings. The van der Waals surface area contributed by atoms with Gasteiger partial charge in [-0.1, -0.05) is 41.4 Å². The number of hydrogen-bond donors (Lipinski definition) is 2. The van der Waals surface area contributed by atoms with E-state index >= 15 is 0 Å². The predicted octanol–water partition coefficient (Wildman–Crippen LogP) is 5.65. The molecule has 0 radical (unpaired) electrons. The Morgan fingerprint density at radius 2 is 1.79 bits per heavy atom. The highest BCUT2D eigenvalue weighted by Gasteiger charge is 2.27. The van der Waals surface area contributed by atoms with Crippen molar-refractivity contribution in [3.05, 3.63) is 88.3 Å². The van der Waals surface area contributed by atoms with Crippen molar-refractivity contribution in [1.82, 2.24) is 9.29 Å². The number of nitrogens with zero attached hydrogens (tertiary/aromatic N) is 2. The van der Waals surface area contributed by atoms with E-state index in [2.05, 4.69) is 15.6 Å². The normalized spacial score (nSPS) is 11.4. The van der Waals surface area contributed by atoms with E-state index in [1.807, 2.05) is 42.6 Å². The maximum absolute atomic E-state index is 13.6. The largest absolute Gasteiger partial charge is 0.495 e. The number of carbonyl (C=O) groups is 1. The first-order chi connectivity index (χ1) is 18.2. The number of nitrogens with one attached hydrogen (secondary N) is 2. The minimum atomic E-state index is -4.01. The molecule has 0 bridgehead atoms. The fraction of sp³-hybridized carbons (Fsp3) is 0.185. The van der Waals surface area contributed by atoms with Crippen LogP contribution in [0.1, 0.15) is 11.1 Å². The van der Waals surface area contributed by atoms with Gasteiger partial charge in [-0.25, -0.2) is 13.4 Å². The van der Waals surface area contributed by atoms with E-state index in [9.17, 15) is 13.2 Å². The molecule has 0 saturated carbocycles. The van der Waals surface area contributed by atoms with E-state index in [1.54, 1.807) is 19.2 Å². The number of ether oxygens (including phenoxy) is 1. The number of aromatic nitrogens is 1. The molecule has 11 heteroatoms. The molecule has 0 aliphatic heterocycles. The maximum Gasteiger partial charge on any atom is 0.243 e. The second kappa shape index (κ2) is 12.0. The zero-order valence-electron chi connectivity index (χ0n) is 21.1. The topological polar surface area (TPSA) is 101 Å². The third-order valence-electron chi connectivity index (χ3n) is 5.74. The first kappa shape index (κ1) is 27.6. The molecule has 4 rings (SSSR count). The van der Waals surface area contributed by atoms with Crippen molar-refractivity contribution in [3.8, 4) is 17.0 Å². The summed E-state index contributed by atoms with van der Waals surface area (Å²) in [5.74, 6) is -0.0731. The van der Waals surface area contributed by atoms with E-state index < -0.39 is 22.5 Å². The quantitative estimate of drug-likeness (QED) is 0.255. The Labute approximate surface area is 231 Å². The summed E-state index contributed by atoms with van der Waals surface area (Å²) >= 11 is 7.43. The smallest absolute Gasteiger partial charge is 0.243 e. The molecule has 2 N–H and O–H groups in total. The van der Waals surface area contributed by atoms with Crippen molar-refractivity contribution in [3.63, 3.8) is 0 Å². The molecule has 4 aromatic rings. The highest BCUT2D eigenvalue weighted by molar-refractivity contribution is 7.89. The molecule has 1 amide bonds. The summed E-state index contributed by atoms with van der Waals surface area (Å²) in [5.41, 5.74) is 3.73. The van der Waals surface area contributed by atoms with Crippen molar-refractivity contribution in [2.24, 2.45) is 0 Å². The fourth-order valence-electron chi connectivity index (χ4n) is 3.71. The Bertz CT molecular complexity index is 1520. The number of sulfonamides is 1. The lowest BCUT2D eigenvalue weighted by Gasteiger charge is -2.22. The number of aryl methyl sites for hydroxylation is 1. The Morgan fingerprint density at radius 1 is 1.08 bits per heavy atom. The van der Waals surface area contributed by atoms with Gasteiger partial charge in [-0.15, -0.1) is 11.3 Å². The Morgan fingerprint density at radius 3 is 2.42 bits per heavy atom.